The van der Waals surface area contributed by atoms with Crippen molar-refractivity contribution in [2.24, 2.45) is 0 Å². The van der Waals surface area contributed by atoms with Gasteiger partial charge in [-0.15, -0.1) is 17.2 Å². The monoisotopic (exact) mass is 782 g/mol. The molecule has 0 saturated heterocycles. The topological polar surface area (TPSA) is 59.1 Å². The Bertz CT molecular complexity index is 2330. The predicted molar refractivity (Wildman–Crippen MR) is 180 cm³/mol. The van der Waals surface area contributed by atoms with E-state index in [-0.39, 0.29) is 32.2 Å². The molecule has 1 aliphatic heterocycles. The molecule has 6 heteroatoms. The summed E-state index contributed by atoms with van der Waals surface area (Å²) in [5.74, 6) is 1.88. The van der Waals surface area contributed by atoms with Crippen molar-refractivity contribution in [3.63, 3.8) is 0 Å². The van der Waals surface area contributed by atoms with E-state index in [0.29, 0.717) is 23.0 Å². The number of rotatable bonds is 3. The summed E-state index contributed by atoms with van der Waals surface area (Å²) in [7, 11) is 0. The van der Waals surface area contributed by atoms with Crippen molar-refractivity contribution < 1.29 is 35.5 Å². The first-order chi connectivity index (χ1) is 21.6. The zero-order valence-corrected chi connectivity index (χ0v) is 28.6. The number of benzene rings is 5. The number of para-hydroxylation sites is 1. The summed E-state index contributed by atoms with van der Waals surface area (Å²) in [5.41, 5.74) is 5.07. The predicted octanol–water partition coefficient (Wildman–Crippen LogP) is 9.25. The van der Waals surface area contributed by atoms with Gasteiger partial charge >= 0.3 is 11.7 Å². The fourth-order valence-electron chi connectivity index (χ4n) is 6.80. The van der Waals surface area contributed by atoms with E-state index in [9.17, 15) is 5.11 Å². The molecule has 5 aromatic carbocycles. The summed E-state index contributed by atoms with van der Waals surface area (Å²) in [4.78, 5) is 10.00. The van der Waals surface area contributed by atoms with Crippen LogP contribution in [-0.4, -0.2) is 15.1 Å². The second-order valence-electron chi connectivity index (χ2n) is 13.4. The summed E-state index contributed by atoms with van der Waals surface area (Å²) in [6.07, 6.45) is 1.85. The fraction of sp³-hybridized carbons (Fsp3) is 0.175. The van der Waals surface area contributed by atoms with E-state index in [4.69, 9.17) is 14.7 Å². The van der Waals surface area contributed by atoms with Crippen molar-refractivity contribution >= 4 is 32.4 Å². The van der Waals surface area contributed by atoms with Gasteiger partial charge in [-0.2, -0.15) is 0 Å². The molecule has 0 saturated carbocycles. The molecule has 5 nitrogen and oxygen atoms in total. The largest absolute Gasteiger partial charge is 0.507 e. The Hall–Kier alpha value is -4.60. The fourth-order valence-corrected chi connectivity index (χ4v) is 6.80. The van der Waals surface area contributed by atoms with Crippen molar-refractivity contribution in [2.75, 3.05) is 0 Å². The molecule has 8 rings (SSSR count). The molecule has 1 N–H and O–H groups in total. The third kappa shape index (κ3) is 4.60. The van der Waals surface area contributed by atoms with Crippen molar-refractivity contribution in [1.29, 1.82) is 0 Å². The van der Waals surface area contributed by atoms with Gasteiger partial charge in [-0.1, -0.05) is 93.6 Å². The van der Waals surface area contributed by atoms with Crippen molar-refractivity contribution in [3.05, 3.63) is 120 Å². The maximum atomic E-state index is 11.3. The molecule has 0 amide bonds. The number of aromatic hydroxyl groups is 1. The van der Waals surface area contributed by atoms with Crippen LogP contribution in [-0.2, 0) is 32.0 Å². The number of phenols is 1. The van der Waals surface area contributed by atoms with Crippen molar-refractivity contribution in [3.8, 4) is 40.0 Å². The van der Waals surface area contributed by atoms with Crippen LogP contribution in [0.15, 0.2) is 103 Å². The number of phenolic OH excluding ortho intramolecular Hbond substituents is 1. The first-order valence-electron chi connectivity index (χ1n) is 15.3. The van der Waals surface area contributed by atoms with Gasteiger partial charge in [-0.25, -0.2) is 4.57 Å². The van der Waals surface area contributed by atoms with Gasteiger partial charge in [0, 0.05) is 44.0 Å². The normalized spacial score (nSPS) is 13.4. The molecule has 3 heterocycles. The van der Waals surface area contributed by atoms with E-state index < -0.39 is 5.54 Å². The molecule has 0 spiro atoms. The Morgan fingerprint density at radius 1 is 0.826 bits per heavy atom. The van der Waals surface area contributed by atoms with Crippen LogP contribution < -0.4 is 9.30 Å². The summed E-state index contributed by atoms with van der Waals surface area (Å²) < 4.78 is 9.00. The third-order valence-corrected chi connectivity index (χ3v) is 9.11. The second kappa shape index (κ2) is 10.7. The van der Waals surface area contributed by atoms with Gasteiger partial charge in [0.1, 0.15) is 27.8 Å². The number of aromatic nitrogens is 3. The van der Waals surface area contributed by atoms with E-state index in [0.717, 1.165) is 54.8 Å². The van der Waals surface area contributed by atoms with Crippen LogP contribution in [0.4, 0.5) is 0 Å². The maximum Gasteiger partial charge on any atom is 0.344 e. The summed E-state index contributed by atoms with van der Waals surface area (Å²) in [6.45, 7) is 11.0. The number of ether oxygens (including phenoxy) is 1. The van der Waals surface area contributed by atoms with Gasteiger partial charge in [0.2, 0.25) is 0 Å². The Balaban J connectivity index is 0.00000338. The minimum atomic E-state index is -0.438. The molecular weight excluding hydrogens is 750 g/mol. The Labute approximate surface area is 282 Å². The average molecular weight is 783 g/mol. The first-order valence-corrected chi connectivity index (χ1v) is 15.3. The molecule has 0 aliphatic carbocycles. The van der Waals surface area contributed by atoms with Crippen molar-refractivity contribution in [1.82, 2.24) is 9.97 Å². The van der Waals surface area contributed by atoms with E-state index >= 15 is 0 Å². The van der Waals surface area contributed by atoms with Crippen LogP contribution in [0.5, 0.6) is 17.4 Å². The molecule has 0 atom stereocenters. The van der Waals surface area contributed by atoms with Gasteiger partial charge in [0.25, 0.3) is 0 Å². The van der Waals surface area contributed by atoms with Gasteiger partial charge in [-0.05, 0) is 70.4 Å². The van der Waals surface area contributed by atoms with E-state index in [1.165, 1.54) is 0 Å². The number of hydrogen-bond acceptors (Lipinski definition) is 4. The number of pyridine rings is 1. The second-order valence-corrected chi connectivity index (χ2v) is 13.4. The Morgan fingerprint density at radius 2 is 1.57 bits per heavy atom. The Morgan fingerprint density at radius 3 is 2.37 bits per heavy atom. The number of nitrogens with zero attached hydrogens (tertiary/aromatic N) is 3. The molecule has 46 heavy (non-hydrogen) atoms. The van der Waals surface area contributed by atoms with Crippen LogP contribution in [0, 0.1) is 6.07 Å². The minimum absolute atomic E-state index is 0. The molecule has 0 unspecified atom stereocenters. The van der Waals surface area contributed by atoms with Gasteiger partial charge in [0.15, 0.2) is 0 Å². The molecule has 2 aromatic heterocycles. The van der Waals surface area contributed by atoms with E-state index in [1.807, 2.05) is 48.7 Å². The standard InChI is InChI=1S/C40H32N3O2.Pt/c1-39(2,3)27-21-26(36-29-13-7-6-11-24(29)19-20-41-36)22-28(23-27)45-38-30-14-8-9-16-32(30)43-37(42-38)35-33(44)18-17-25-12-10-15-31(34(25)35)40(43,4)5;/h6-21,23H,1-5H3;/q-1;/p+1. The molecule has 0 fully saturated rings. The summed E-state index contributed by atoms with van der Waals surface area (Å²) in [5, 5.41) is 16.4. The molecule has 1 aliphatic rings. The number of hydrogen-bond donors (Lipinski definition) is 1. The molecule has 230 valence electrons. The molecule has 7 aromatic rings. The van der Waals surface area contributed by atoms with Gasteiger partial charge < -0.3 is 14.8 Å². The van der Waals surface area contributed by atoms with E-state index in [1.54, 1.807) is 6.07 Å². The minimum Gasteiger partial charge on any atom is -0.507 e. The van der Waals surface area contributed by atoms with Crippen LogP contribution in [0.25, 0.3) is 55.1 Å². The third-order valence-electron chi connectivity index (χ3n) is 9.11. The van der Waals surface area contributed by atoms with Gasteiger partial charge in [-0.3, -0.25) is 0 Å². The van der Waals surface area contributed by atoms with Crippen LogP contribution in [0.1, 0.15) is 45.7 Å². The molecule has 0 bridgehead atoms. The summed E-state index contributed by atoms with van der Waals surface area (Å²) >= 11 is 0. The SMILES string of the molecule is CC(C)(C)c1cc(Oc2nc3[n+](c4ccccc24)C(C)(C)c2cccc4ccc(O)c-3c24)[c-]c(-c2nccc3ccccc23)c1.[Pt]. The Kier molecular flexibility index (Phi) is 7.02. The smallest absolute Gasteiger partial charge is 0.344 e. The van der Waals surface area contributed by atoms with Gasteiger partial charge in [0.05, 0.1) is 0 Å². The van der Waals surface area contributed by atoms with E-state index in [2.05, 4.69) is 93.8 Å². The zero-order chi connectivity index (χ0) is 31.1. The average Bonchev–Trinajstić information content (AvgIpc) is 3.03. The quantitative estimate of drug-likeness (QED) is 0.144. The molecule has 0 radical (unpaired) electrons. The zero-order valence-electron chi connectivity index (χ0n) is 26.3. The molecular formula is C40H33N3O2Pt. The van der Waals surface area contributed by atoms with Crippen LogP contribution >= 0.6 is 0 Å². The summed E-state index contributed by atoms with van der Waals surface area (Å²) in [6, 6.07) is 36.3. The first kappa shape index (κ1) is 30.1. The number of fused-ring (bicyclic) bond motifs is 5. The van der Waals surface area contributed by atoms with Crippen LogP contribution in [0.3, 0.4) is 0 Å². The van der Waals surface area contributed by atoms with Crippen LogP contribution in [0.2, 0.25) is 0 Å². The maximum absolute atomic E-state index is 11.3. The van der Waals surface area contributed by atoms with Crippen molar-refractivity contribution in [2.45, 2.75) is 45.6 Å².